The van der Waals surface area contributed by atoms with Crippen LogP contribution >= 0.6 is 27.3 Å². The van der Waals surface area contributed by atoms with Crippen molar-refractivity contribution in [1.29, 1.82) is 0 Å². The lowest BCUT2D eigenvalue weighted by molar-refractivity contribution is 0.0476. The Labute approximate surface area is 104 Å². The van der Waals surface area contributed by atoms with Crippen molar-refractivity contribution >= 4 is 27.3 Å². The molecular formula is C11H18BrNOS. The first-order valence-corrected chi connectivity index (χ1v) is 7.00. The Balaban J connectivity index is 2.77. The standard InChI is InChI=1S/C11H18BrNOS/c1-4-13-11(8(3)14-5-2)9-6-15-7-10(9)12/h6-8,11,13H,4-5H2,1-3H3. The second kappa shape index (κ2) is 6.63. The predicted octanol–water partition coefficient (Wildman–Crippen LogP) is 3.59. The summed E-state index contributed by atoms with van der Waals surface area (Å²) in [4.78, 5) is 0. The van der Waals surface area contributed by atoms with Gasteiger partial charge in [-0.15, -0.1) is 0 Å². The Morgan fingerprint density at radius 3 is 2.67 bits per heavy atom. The summed E-state index contributed by atoms with van der Waals surface area (Å²) in [5, 5.41) is 7.75. The molecule has 2 nitrogen and oxygen atoms in total. The van der Waals surface area contributed by atoms with Crippen LogP contribution in [0.1, 0.15) is 32.4 Å². The minimum absolute atomic E-state index is 0.195. The van der Waals surface area contributed by atoms with Crippen LogP contribution < -0.4 is 5.32 Å². The number of thiophene rings is 1. The summed E-state index contributed by atoms with van der Waals surface area (Å²) in [6.07, 6.45) is 0.195. The molecule has 1 N–H and O–H groups in total. The molecule has 1 heterocycles. The van der Waals surface area contributed by atoms with E-state index >= 15 is 0 Å². The smallest absolute Gasteiger partial charge is 0.0742 e. The van der Waals surface area contributed by atoms with E-state index in [0.29, 0.717) is 0 Å². The quantitative estimate of drug-likeness (QED) is 0.865. The van der Waals surface area contributed by atoms with E-state index in [4.69, 9.17) is 4.74 Å². The molecule has 0 spiro atoms. The van der Waals surface area contributed by atoms with E-state index < -0.39 is 0 Å². The Bertz CT molecular complexity index is 290. The first kappa shape index (κ1) is 13.2. The largest absolute Gasteiger partial charge is 0.377 e. The van der Waals surface area contributed by atoms with Gasteiger partial charge in [-0.1, -0.05) is 6.92 Å². The third kappa shape index (κ3) is 3.55. The number of nitrogens with one attached hydrogen (secondary N) is 1. The maximum atomic E-state index is 5.66. The summed E-state index contributed by atoms with van der Waals surface area (Å²) in [5.41, 5.74) is 1.29. The Morgan fingerprint density at radius 2 is 2.20 bits per heavy atom. The highest BCUT2D eigenvalue weighted by atomic mass is 79.9. The SMILES string of the molecule is CCNC(c1cscc1Br)C(C)OCC. The van der Waals surface area contributed by atoms with Crippen LogP contribution in [-0.2, 0) is 4.74 Å². The van der Waals surface area contributed by atoms with Gasteiger partial charge < -0.3 is 10.1 Å². The predicted molar refractivity (Wildman–Crippen MR) is 69.5 cm³/mol. The molecule has 15 heavy (non-hydrogen) atoms. The average Bonchev–Trinajstić information content (AvgIpc) is 2.61. The van der Waals surface area contributed by atoms with Crippen molar-refractivity contribution in [3.05, 3.63) is 20.8 Å². The molecule has 4 heteroatoms. The first-order valence-electron chi connectivity index (χ1n) is 5.27. The molecule has 0 aromatic carbocycles. The van der Waals surface area contributed by atoms with Crippen LogP contribution in [0.4, 0.5) is 0 Å². The summed E-state index contributed by atoms with van der Waals surface area (Å²) < 4.78 is 6.83. The number of hydrogen-bond acceptors (Lipinski definition) is 3. The number of rotatable bonds is 6. The molecule has 0 radical (unpaired) electrons. The van der Waals surface area contributed by atoms with Crippen molar-refractivity contribution in [2.24, 2.45) is 0 Å². The lowest BCUT2D eigenvalue weighted by Crippen LogP contribution is -2.31. The number of hydrogen-bond donors (Lipinski definition) is 1. The zero-order valence-corrected chi connectivity index (χ0v) is 11.8. The van der Waals surface area contributed by atoms with Crippen LogP contribution in [0.5, 0.6) is 0 Å². The fraction of sp³-hybridized carbons (Fsp3) is 0.636. The molecule has 0 bridgehead atoms. The minimum Gasteiger partial charge on any atom is -0.377 e. The van der Waals surface area contributed by atoms with E-state index in [-0.39, 0.29) is 12.1 Å². The van der Waals surface area contributed by atoms with Crippen LogP contribution in [0, 0.1) is 0 Å². The van der Waals surface area contributed by atoms with Gasteiger partial charge >= 0.3 is 0 Å². The highest BCUT2D eigenvalue weighted by Gasteiger charge is 2.21. The Kier molecular flexibility index (Phi) is 5.82. The molecule has 0 saturated carbocycles. The zero-order valence-electron chi connectivity index (χ0n) is 9.42. The molecule has 0 amide bonds. The van der Waals surface area contributed by atoms with Gasteiger partial charge in [-0.25, -0.2) is 0 Å². The van der Waals surface area contributed by atoms with Gasteiger partial charge in [0.05, 0.1) is 12.1 Å². The number of ether oxygens (including phenoxy) is 1. The van der Waals surface area contributed by atoms with E-state index in [2.05, 4.69) is 45.9 Å². The molecule has 2 atom stereocenters. The lowest BCUT2D eigenvalue weighted by atomic mass is 10.1. The number of likely N-dealkylation sites (N-methyl/N-ethyl adjacent to an activating group) is 1. The van der Waals surface area contributed by atoms with Gasteiger partial charge in [0.1, 0.15) is 0 Å². The van der Waals surface area contributed by atoms with Crippen LogP contribution in [0.2, 0.25) is 0 Å². The molecule has 0 aliphatic rings. The summed E-state index contributed by atoms with van der Waals surface area (Å²) in [6.45, 7) is 7.96. The molecule has 1 aromatic heterocycles. The summed E-state index contributed by atoms with van der Waals surface area (Å²) in [6, 6.07) is 0.274. The third-order valence-corrected chi connectivity index (χ3v) is 4.05. The summed E-state index contributed by atoms with van der Waals surface area (Å²) in [7, 11) is 0. The molecule has 0 fully saturated rings. The van der Waals surface area contributed by atoms with E-state index in [9.17, 15) is 0 Å². The highest BCUT2D eigenvalue weighted by Crippen LogP contribution is 2.30. The second-order valence-electron chi connectivity index (χ2n) is 3.37. The maximum absolute atomic E-state index is 5.66. The lowest BCUT2D eigenvalue weighted by Gasteiger charge is -2.24. The highest BCUT2D eigenvalue weighted by molar-refractivity contribution is 9.10. The van der Waals surface area contributed by atoms with Crippen molar-refractivity contribution in [1.82, 2.24) is 5.32 Å². The van der Waals surface area contributed by atoms with Crippen molar-refractivity contribution in [3.63, 3.8) is 0 Å². The van der Waals surface area contributed by atoms with Gasteiger partial charge in [-0.05, 0) is 47.3 Å². The molecule has 1 aromatic rings. The van der Waals surface area contributed by atoms with Crippen molar-refractivity contribution in [2.45, 2.75) is 32.9 Å². The normalized spacial score (nSPS) is 15.2. The third-order valence-electron chi connectivity index (χ3n) is 2.30. The summed E-state index contributed by atoms with van der Waals surface area (Å²) in [5.74, 6) is 0. The fourth-order valence-electron chi connectivity index (χ4n) is 1.62. The monoisotopic (exact) mass is 291 g/mol. The Morgan fingerprint density at radius 1 is 1.47 bits per heavy atom. The van der Waals surface area contributed by atoms with Crippen molar-refractivity contribution < 1.29 is 4.74 Å². The molecule has 0 saturated heterocycles. The van der Waals surface area contributed by atoms with E-state index in [1.807, 2.05) is 6.92 Å². The molecule has 0 aliphatic heterocycles. The van der Waals surface area contributed by atoms with E-state index in [0.717, 1.165) is 13.2 Å². The molecule has 0 aliphatic carbocycles. The van der Waals surface area contributed by atoms with Gasteiger partial charge in [0.2, 0.25) is 0 Å². The fourth-order valence-corrected chi connectivity index (χ4v) is 3.20. The first-order chi connectivity index (χ1) is 7.20. The van der Waals surface area contributed by atoms with E-state index in [1.54, 1.807) is 11.3 Å². The minimum atomic E-state index is 0.195. The molecule has 2 unspecified atom stereocenters. The molecule has 86 valence electrons. The molecule has 1 rings (SSSR count). The molecular weight excluding hydrogens is 274 g/mol. The maximum Gasteiger partial charge on any atom is 0.0742 e. The van der Waals surface area contributed by atoms with Gasteiger partial charge in [0.25, 0.3) is 0 Å². The van der Waals surface area contributed by atoms with Gasteiger partial charge in [0.15, 0.2) is 0 Å². The van der Waals surface area contributed by atoms with Gasteiger partial charge in [-0.2, -0.15) is 11.3 Å². The average molecular weight is 292 g/mol. The van der Waals surface area contributed by atoms with Crippen LogP contribution in [0.25, 0.3) is 0 Å². The van der Waals surface area contributed by atoms with Crippen LogP contribution in [0.3, 0.4) is 0 Å². The van der Waals surface area contributed by atoms with Crippen molar-refractivity contribution in [2.75, 3.05) is 13.2 Å². The van der Waals surface area contributed by atoms with Crippen molar-refractivity contribution in [3.8, 4) is 0 Å². The van der Waals surface area contributed by atoms with Gasteiger partial charge in [-0.3, -0.25) is 0 Å². The van der Waals surface area contributed by atoms with Crippen LogP contribution in [-0.4, -0.2) is 19.3 Å². The number of halogens is 1. The van der Waals surface area contributed by atoms with Gasteiger partial charge in [0, 0.05) is 16.5 Å². The Hall–Kier alpha value is 0.1000. The summed E-state index contributed by atoms with van der Waals surface area (Å²) >= 11 is 5.28. The topological polar surface area (TPSA) is 21.3 Å². The van der Waals surface area contributed by atoms with E-state index in [1.165, 1.54) is 10.0 Å². The second-order valence-corrected chi connectivity index (χ2v) is 4.97. The zero-order chi connectivity index (χ0) is 11.3. The van der Waals surface area contributed by atoms with Crippen LogP contribution in [0.15, 0.2) is 15.2 Å².